The van der Waals surface area contributed by atoms with Crippen molar-refractivity contribution in [1.82, 2.24) is 4.31 Å². The van der Waals surface area contributed by atoms with Crippen molar-refractivity contribution in [2.45, 2.75) is 44.7 Å². The van der Waals surface area contributed by atoms with Crippen LogP contribution in [0.2, 0.25) is 0 Å². The minimum atomic E-state index is -3.44. The second kappa shape index (κ2) is 6.31. The Bertz CT molecular complexity index is 466. The Kier molecular flexibility index (Phi) is 5.31. The van der Waals surface area contributed by atoms with Crippen LogP contribution in [-0.4, -0.2) is 30.4 Å². The van der Waals surface area contributed by atoms with Gasteiger partial charge in [-0.15, -0.1) is 0 Å². The molecule has 1 aromatic rings. The van der Waals surface area contributed by atoms with E-state index in [-0.39, 0.29) is 17.5 Å². The van der Waals surface area contributed by atoms with Crippen molar-refractivity contribution < 1.29 is 13.5 Å². The van der Waals surface area contributed by atoms with Gasteiger partial charge in [0.25, 0.3) is 0 Å². The molecule has 0 aliphatic carbocycles. The number of nitrogens with zero attached hydrogens (tertiary/aromatic N) is 1. The van der Waals surface area contributed by atoms with Gasteiger partial charge in [0.2, 0.25) is 10.0 Å². The van der Waals surface area contributed by atoms with E-state index in [2.05, 4.69) is 0 Å². The van der Waals surface area contributed by atoms with E-state index >= 15 is 0 Å². The lowest BCUT2D eigenvalue weighted by Crippen LogP contribution is -2.37. The molecule has 4 nitrogen and oxygen atoms in total. The normalized spacial score (nSPS) is 12.3. The SMILES string of the molecule is CCCN(C(C)C)S(=O)(=O)c1ccc(CO)cc1. The van der Waals surface area contributed by atoms with E-state index in [9.17, 15) is 8.42 Å². The minimum Gasteiger partial charge on any atom is -0.392 e. The number of aliphatic hydroxyl groups is 1. The standard InChI is InChI=1S/C13H21NO3S/c1-4-9-14(11(2)3)18(16,17)13-7-5-12(10-15)6-8-13/h5-8,11,15H,4,9-10H2,1-3H3. The highest BCUT2D eigenvalue weighted by Gasteiger charge is 2.25. The number of aliphatic hydroxyl groups excluding tert-OH is 1. The zero-order valence-electron chi connectivity index (χ0n) is 11.1. The minimum absolute atomic E-state index is 0.0625. The molecule has 1 rings (SSSR count). The van der Waals surface area contributed by atoms with Gasteiger partial charge in [-0.25, -0.2) is 8.42 Å². The molecule has 0 atom stereocenters. The van der Waals surface area contributed by atoms with Gasteiger partial charge in [0.15, 0.2) is 0 Å². The molecule has 0 spiro atoms. The first-order chi connectivity index (χ1) is 8.43. The molecule has 18 heavy (non-hydrogen) atoms. The topological polar surface area (TPSA) is 57.6 Å². The molecular weight excluding hydrogens is 250 g/mol. The molecule has 0 saturated heterocycles. The van der Waals surface area contributed by atoms with Gasteiger partial charge in [0.05, 0.1) is 11.5 Å². The summed E-state index contributed by atoms with van der Waals surface area (Å²) in [4.78, 5) is 0.279. The molecule has 0 heterocycles. The fourth-order valence-corrected chi connectivity index (χ4v) is 3.51. The van der Waals surface area contributed by atoms with Gasteiger partial charge in [0.1, 0.15) is 0 Å². The number of sulfonamides is 1. The van der Waals surface area contributed by atoms with Crippen LogP contribution in [0.3, 0.4) is 0 Å². The summed E-state index contributed by atoms with van der Waals surface area (Å²) < 4.78 is 26.4. The van der Waals surface area contributed by atoms with Gasteiger partial charge in [0, 0.05) is 12.6 Å². The first-order valence-electron chi connectivity index (χ1n) is 6.15. The summed E-state index contributed by atoms with van der Waals surface area (Å²) >= 11 is 0. The van der Waals surface area contributed by atoms with Crippen molar-refractivity contribution in [2.75, 3.05) is 6.54 Å². The van der Waals surface area contributed by atoms with Crippen molar-refractivity contribution in [3.05, 3.63) is 29.8 Å². The van der Waals surface area contributed by atoms with Crippen molar-refractivity contribution in [1.29, 1.82) is 0 Å². The van der Waals surface area contributed by atoms with E-state index in [1.807, 2.05) is 20.8 Å². The fourth-order valence-electron chi connectivity index (χ4n) is 1.78. The molecule has 0 aliphatic rings. The second-order valence-electron chi connectivity index (χ2n) is 4.51. The van der Waals surface area contributed by atoms with Crippen LogP contribution in [0.25, 0.3) is 0 Å². The number of hydrogen-bond acceptors (Lipinski definition) is 3. The van der Waals surface area contributed by atoms with Crippen LogP contribution >= 0.6 is 0 Å². The zero-order valence-corrected chi connectivity index (χ0v) is 11.9. The Morgan fingerprint density at radius 1 is 1.22 bits per heavy atom. The summed E-state index contributed by atoms with van der Waals surface area (Å²) in [6, 6.07) is 6.31. The first-order valence-corrected chi connectivity index (χ1v) is 7.59. The summed E-state index contributed by atoms with van der Waals surface area (Å²) in [5.74, 6) is 0. The molecule has 0 bridgehead atoms. The molecule has 5 heteroatoms. The molecule has 0 saturated carbocycles. The maximum Gasteiger partial charge on any atom is 0.243 e. The molecule has 0 radical (unpaired) electrons. The molecule has 102 valence electrons. The van der Waals surface area contributed by atoms with Gasteiger partial charge < -0.3 is 5.11 Å². The third-order valence-electron chi connectivity index (χ3n) is 2.73. The van der Waals surface area contributed by atoms with Gasteiger partial charge in [-0.1, -0.05) is 19.1 Å². The molecule has 1 aromatic carbocycles. The summed E-state index contributed by atoms with van der Waals surface area (Å²) in [7, 11) is -3.44. The summed E-state index contributed by atoms with van der Waals surface area (Å²) in [6.07, 6.45) is 0.784. The Morgan fingerprint density at radius 2 is 1.78 bits per heavy atom. The van der Waals surface area contributed by atoms with Gasteiger partial charge in [-0.3, -0.25) is 0 Å². The van der Waals surface area contributed by atoms with Crippen LogP contribution < -0.4 is 0 Å². The van der Waals surface area contributed by atoms with Crippen LogP contribution in [0, 0.1) is 0 Å². The van der Waals surface area contributed by atoms with Crippen LogP contribution in [0.15, 0.2) is 29.2 Å². The Hall–Kier alpha value is -0.910. The summed E-state index contributed by atoms with van der Waals surface area (Å²) in [5, 5.41) is 8.95. The van der Waals surface area contributed by atoms with Crippen LogP contribution in [0.1, 0.15) is 32.8 Å². The largest absolute Gasteiger partial charge is 0.392 e. The van der Waals surface area contributed by atoms with E-state index in [1.54, 1.807) is 24.3 Å². The molecule has 0 unspecified atom stereocenters. The van der Waals surface area contributed by atoms with Crippen molar-refractivity contribution in [2.24, 2.45) is 0 Å². The predicted octanol–water partition coefficient (Wildman–Crippen LogP) is 1.99. The van der Waals surface area contributed by atoms with E-state index < -0.39 is 10.0 Å². The number of benzene rings is 1. The third kappa shape index (κ3) is 3.31. The lowest BCUT2D eigenvalue weighted by atomic mass is 10.2. The number of hydrogen-bond donors (Lipinski definition) is 1. The Labute approximate surface area is 109 Å². The highest BCUT2D eigenvalue weighted by molar-refractivity contribution is 7.89. The Balaban J connectivity index is 3.09. The molecule has 0 fully saturated rings. The van der Waals surface area contributed by atoms with Gasteiger partial charge in [-0.2, -0.15) is 4.31 Å². The van der Waals surface area contributed by atoms with Crippen LogP contribution in [0.4, 0.5) is 0 Å². The second-order valence-corrected chi connectivity index (χ2v) is 6.40. The van der Waals surface area contributed by atoms with Crippen molar-refractivity contribution in [3.8, 4) is 0 Å². The first kappa shape index (κ1) is 15.1. The summed E-state index contributed by atoms with van der Waals surface area (Å²) in [5.41, 5.74) is 0.709. The molecule has 0 aromatic heterocycles. The zero-order chi connectivity index (χ0) is 13.8. The average Bonchev–Trinajstić information content (AvgIpc) is 2.35. The summed E-state index contributed by atoms with van der Waals surface area (Å²) in [6.45, 7) is 6.13. The fraction of sp³-hybridized carbons (Fsp3) is 0.538. The van der Waals surface area contributed by atoms with Gasteiger partial charge >= 0.3 is 0 Å². The monoisotopic (exact) mass is 271 g/mol. The lowest BCUT2D eigenvalue weighted by molar-refractivity contribution is 0.281. The van der Waals surface area contributed by atoms with Gasteiger partial charge in [-0.05, 0) is 38.0 Å². The quantitative estimate of drug-likeness (QED) is 0.861. The molecule has 0 aliphatic heterocycles. The van der Waals surface area contributed by atoms with E-state index in [1.165, 1.54) is 4.31 Å². The maximum absolute atomic E-state index is 12.4. The maximum atomic E-state index is 12.4. The third-order valence-corrected chi connectivity index (χ3v) is 4.82. The lowest BCUT2D eigenvalue weighted by Gasteiger charge is -2.25. The van der Waals surface area contributed by atoms with Crippen molar-refractivity contribution >= 4 is 10.0 Å². The number of rotatable bonds is 6. The van der Waals surface area contributed by atoms with E-state index in [0.717, 1.165) is 6.42 Å². The Morgan fingerprint density at radius 3 is 2.17 bits per heavy atom. The predicted molar refractivity (Wildman–Crippen MR) is 71.7 cm³/mol. The molecular formula is C13H21NO3S. The molecule has 1 N–H and O–H groups in total. The smallest absolute Gasteiger partial charge is 0.243 e. The van der Waals surface area contributed by atoms with Crippen LogP contribution in [-0.2, 0) is 16.6 Å². The van der Waals surface area contributed by atoms with E-state index in [4.69, 9.17) is 5.11 Å². The van der Waals surface area contributed by atoms with Crippen molar-refractivity contribution in [3.63, 3.8) is 0 Å². The highest BCUT2D eigenvalue weighted by Crippen LogP contribution is 2.19. The highest BCUT2D eigenvalue weighted by atomic mass is 32.2. The van der Waals surface area contributed by atoms with Crippen LogP contribution in [0.5, 0.6) is 0 Å². The molecule has 0 amide bonds. The average molecular weight is 271 g/mol. The van der Waals surface area contributed by atoms with E-state index in [0.29, 0.717) is 12.1 Å².